The van der Waals surface area contributed by atoms with E-state index < -0.39 is 5.97 Å². The molecule has 1 aromatic carbocycles. The first-order valence-electron chi connectivity index (χ1n) is 6.36. The molecule has 0 bridgehead atoms. The second kappa shape index (κ2) is 5.29. The van der Waals surface area contributed by atoms with Gasteiger partial charge in [-0.25, -0.2) is 4.79 Å². The number of benzene rings is 1. The first kappa shape index (κ1) is 12.7. The summed E-state index contributed by atoms with van der Waals surface area (Å²) in [5.74, 6) is -0.0489. The summed E-state index contributed by atoms with van der Waals surface area (Å²) in [6, 6.07) is 4.84. The molecule has 18 heavy (non-hydrogen) atoms. The van der Waals surface area contributed by atoms with Crippen LogP contribution in [0.3, 0.4) is 0 Å². The minimum Gasteiger partial charge on any atom is -0.487 e. The summed E-state index contributed by atoms with van der Waals surface area (Å²) in [6.07, 6.45) is 4.36. The monoisotopic (exact) mass is 249 g/mol. The zero-order valence-electron chi connectivity index (χ0n) is 10.6. The molecule has 4 nitrogen and oxygen atoms in total. The number of carboxylic acid groups (broad SMARTS) is 1. The van der Waals surface area contributed by atoms with Crippen LogP contribution in [0.15, 0.2) is 18.2 Å². The van der Waals surface area contributed by atoms with E-state index in [1.54, 1.807) is 12.1 Å². The third-order valence-electron chi connectivity index (χ3n) is 3.45. The molecule has 0 aliphatic heterocycles. The fourth-order valence-corrected chi connectivity index (χ4v) is 2.51. The molecule has 2 rings (SSSR count). The highest BCUT2D eigenvalue weighted by molar-refractivity contribution is 5.93. The molecule has 1 aromatic rings. The number of rotatable bonds is 3. The van der Waals surface area contributed by atoms with Gasteiger partial charge < -0.3 is 15.6 Å². The zero-order chi connectivity index (χ0) is 13.1. The van der Waals surface area contributed by atoms with Gasteiger partial charge in [-0.3, -0.25) is 0 Å². The van der Waals surface area contributed by atoms with Crippen molar-refractivity contribution in [3.8, 4) is 5.75 Å². The average molecular weight is 249 g/mol. The highest BCUT2D eigenvalue weighted by atomic mass is 16.5. The van der Waals surface area contributed by atoms with Gasteiger partial charge in [0.25, 0.3) is 0 Å². The Balaban J connectivity index is 2.20. The summed E-state index contributed by atoms with van der Waals surface area (Å²) in [4.78, 5) is 11.1. The second-order valence-corrected chi connectivity index (χ2v) is 5.04. The number of aromatic carboxylic acids is 1. The summed E-state index contributed by atoms with van der Waals surface area (Å²) in [6.45, 7) is 2.20. The van der Waals surface area contributed by atoms with E-state index in [4.69, 9.17) is 15.6 Å². The van der Waals surface area contributed by atoms with E-state index in [1.807, 2.05) is 0 Å². The summed E-state index contributed by atoms with van der Waals surface area (Å²) >= 11 is 0. The van der Waals surface area contributed by atoms with Gasteiger partial charge in [0, 0.05) is 0 Å². The predicted molar refractivity (Wildman–Crippen MR) is 69.9 cm³/mol. The Morgan fingerprint density at radius 1 is 1.44 bits per heavy atom. The Hall–Kier alpha value is -1.71. The van der Waals surface area contributed by atoms with Crippen LogP contribution in [0.1, 0.15) is 43.0 Å². The number of hydrogen-bond acceptors (Lipinski definition) is 3. The van der Waals surface area contributed by atoms with Crippen LogP contribution in [-0.2, 0) is 0 Å². The van der Waals surface area contributed by atoms with Crippen LogP contribution in [0.4, 0.5) is 5.69 Å². The van der Waals surface area contributed by atoms with E-state index in [1.165, 1.54) is 12.5 Å². The summed E-state index contributed by atoms with van der Waals surface area (Å²) in [5.41, 5.74) is 6.37. The van der Waals surface area contributed by atoms with Crippen molar-refractivity contribution >= 4 is 11.7 Å². The van der Waals surface area contributed by atoms with Crippen molar-refractivity contribution in [2.45, 2.75) is 38.7 Å². The van der Waals surface area contributed by atoms with Crippen molar-refractivity contribution < 1.29 is 14.6 Å². The maximum atomic E-state index is 11.1. The van der Waals surface area contributed by atoms with Gasteiger partial charge in [-0.15, -0.1) is 0 Å². The van der Waals surface area contributed by atoms with Crippen LogP contribution in [0, 0.1) is 5.92 Å². The Bertz CT molecular complexity index is 445. The van der Waals surface area contributed by atoms with Crippen molar-refractivity contribution in [2.75, 3.05) is 5.73 Å². The van der Waals surface area contributed by atoms with E-state index in [9.17, 15) is 4.79 Å². The van der Waals surface area contributed by atoms with E-state index in [2.05, 4.69) is 6.92 Å². The minimum absolute atomic E-state index is 0.0801. The average Bonchev–Trinajstić information content (AvgIpc) is 2.31. The summed E-state index contributed by atoms with van der Waals surface area (Å²) in [7, 11) is 0. The SMILES string of the molecule is CC1CCCC(Oc2c(N)cccc2C(=O)O)C1. The van der Waals surface area contributed by atoms with Crippen LogP contribution in [0.25, 0.3) is 0 Å². The van der Waals surface area contributed by atoms with Gasteiger partial charge in [-0.2, -0.15) is 0 Å². The van der Waals surface area contributed by atoms with Crippen LogP contribution < -0.4 is 10.5 Å². The molecule has 0 heterocycles. The largest absolute Gasteiger partial charge is 0.487 e. The van der Waals surface area contributed by atoms with Gasteiger partial charge in [0.2, 0.25) is 0 Å². The molecule has 1 saturated carbocycles. The van der Waals surface area contributed by atoms with Gasteiger partial charge >= 0.3 is 5.97 Å². The number of ether oxygens (including phenoxy) is 1. The van der Waals surface area contributed by atoms with Gasteiger partial charge in [0.1, 0.15) is 5.56 Å². The lowest BCUT2D eigenvalue weighted by Gasteiger charge is -2.28. The van der Waals surface area contributed by atoms with Crippen molar-refractivity contribution in [1.29, 1.82) is 0 Å². The second-order valence-electron chi connectivity index (χ2n) is 5.04. The maximum Gasteiger partial charge on any atom is 0.339 e. The first-order valence-corrected chi connectivity index (χ1v) is 6.36. The normalized spacial score (nSPS) is 23.6. The Morgan fingerprint density at radius 3 is 2.89 bits per heavy atom. The van der Waals surface area contributed by atoms with E-state index in [0.717, 1.165) is 19.3 Å². The van der Waals surface area contributed by atoms with Crippen LogP contribution >= 0.6 is 0 Å². The van der Waals surface area contributed by atoms with Crippen LogP contribution in [-0.4, -0.2) is 17.2 Å². The Morgan fingerprint density at radius 2 is 2.22 bits per heavy atom. The number of carboxylic acids is 1. The lowest BCUT2D eigenvalue weighted by molar-refractivity contribution is 0.0683. The minimum atomic E-state index is -0.999. The molecule has 3 N–H and O–H groups in total. The molecule has 2 atom stereocenters. The molecule has 1 fully saturated rings. The number of hydrogen-bond donors (Lipinski definition) is 2. The standard InChI is InChI=1S/C14H19NO3/c1-9-4-2-5-10(8-9)18-13-11(14(16)17)6-3-7-12(13)15/h3,6-7,9-10H,2,4-5,8,15H2,1H3,(H,16,17). The topological polar surface area (TPSA) is 72.5 Å². The third kappa shape index (κ3) is 2.75. The maximum absolute atomic E-state index is 11.1. The fraction of sp³-hybridized carbons (Fsp3) is 0.500. The number of para-hydroxylation sites is 1. The zero-order valence-corrected chi connectivity index (χ0v) is 10.6. The van der Waals surface area contributed by atoms with Crippen LogP contribution in [0.2, 0.25) is 0 Å². The number of carbonyl (C=O) groups is 1. The fourth-order valence-electron chi connectivity index (χ4n) is 2.51. The molecule has 2 unspecified atom stereocenters. The Labute approximate surface area is 107 Å². The van der Waals surface area contributed by atoms with Gasteiger partial charge in [-0.1, -0.05) is 19.4 Å². The van der Waals surface area contributed by atoms with Crippen LogP contribution in [0.5, 0.6) is 5.75 Å². The van der Waals surface area contributed by atoms with Crippen molar-refractivity contribution in [1.82, 2.24) is 0 Å². The van der Waals surface area contributed by atoms with Gasteiger partial charge in [0.15, 0.2) is 5.75 Å². The molecule has 0 aromatic heterocycles. The highest BCUT2D eigenvalue weighted by Crippen LogP contribution is 2.32. The molecule has 1 aliphatic rings. The van der Waals surface area contributed by atoms with Crippen molar-refractivity contribution in [3.63, 3.8) is 0 Å². The predicted octanol–water partition coefficient (Wildman–Crippen LogP) is 2.92. The van der Waals surface area contributed by atoms with E-state index in [-0.39, 0.29) is 11.7 Å². The van der Waals surface area contributed by atoms with Crippen molar-refractivity contribution in [3.05, 3.63) is 23.8 Å². The summed E-state index contributed by atoms with van der Waals surface area (Å²) in [5, 5.41) is 9.14. The van der Waals surface area contributed by atoms with Gasteiger partial charge in [0.05, 0.1) is 11.8 Å². The molecule has 0 spiro atoms. The number of nitrogens with two attached hydrogens (primary N) is 1. The molecule has 1 aliphatic carbocycles. The first-order chi connectivity index (χ1) is 8.58. The third-order valence-corrected chi connectivity index (χ3v) is 3.45. The molecule has 4 heteroatoms. The lowest BCUT2D eigenvalue weighted by Crippen LogP contribution is -2.25. The summed E-state index contributed by atoms with van der Waals surface area (Å²) < 4.78 is 5.84. The number of nitrogen functional groups attached to an aromatic ring is 1. The number of anilines is 1. The molecule has 0 radical (unpaired) electrons. The van der Waals surface area contributed by atoms with Crippen molar-refractivity contribution in [2.24, 2.45) is 5.92 Å². The molecule has 0 amide bonds. The molecule has 98 valence electrons. The quantitative estimate of drug-likeness (QED) is 0.808. The molecular weight excluding hydrogens is 230 g/mol. The smallest absolute Gasteiger partial charge is 0.339 e. The molecule has 0 saturated heterocycles. The van der Waals surface area contributed by atoms with E-state index >= 15 is 0 Å². The highest BCUT2D eigenvalue weighted by Gasteiger charge is 2.23. The lowest BCUT2D eigenvalue weighted by atomic mass is 9.88. The molecular formula is C14H19NO3. The van der Waals surface area contributed by atoms with Gasteiger partial charge in [-0.05, 0) is 37.3 Å². The van der Waals surface area contributed by atoms with E-state index in [0.29, 0.717) is 17.4 Å². The Kier molecular flexibility index (Phi) is 3.75.